The molecule has 6 heteroatoms. The summed E-state index contributed by atoms with van der Waals surface area (Å²) >= 11 is 0. The van der Waals surface area contributed by atoms with Gasteiger partial charge in [0.2, 0.25) is 0 Å². The number of nitrogens with one attached hydrogen (secondary N) is 1. The zero-order valence-corrected chi connectivity index (χ0v) is 10.3. The maximum atomic E-state index is 11.7. The van der Waals surface area contributed by atoms with Gasteiger partial charge in [0.15, 0.2) is 0 Å². The lowest BCUT2D eigenvalue weighted by Crippen LogP contribution is -2.42. The van der Waals surface area contributed by atoms with Gasteiger partial charge in [-0.05, 0) is 19.3 Å². The van der Waals surface area contributed by atoms with Gasteiger partial charge in [-0.1, -0.05) is 13.8 Å². The van der Waals surface area contributed by atoms with Crippen LogP contribution in [0.2, 0.25) is 0 Å². The highest BCUT2D eigenvalue weighted by Crippen LogP contribution is 2.22. The lowest BCUT2D eigenvalue weighted by atomic mass is 10.1. The van der Waals surface area contributed by atoms with Crippen molar-refractivity contribution in [1.82, 2.24) is 9.03 Å². The second-order valence-corrected chi connectivity index (χ2v) is 6.58. The number of β-amino-alcohol motifs (C(OH)–C–C–N with tert-alkyl or cyclic N) is 1. The third-order valence-electron chi connectivity index (χ3n) is 2.43. The molecule has 0 aromatic heterocycles. The van der Waals surface area contributed by atoms with Gasteiger partial charge in [-0.3, -0.25) is 0 Å². The molecule has 1 fully saturated rings. The topological polar surface area (TPSA) is 69.6 Å². The van der Waals surface area contributed by atoms with Gasteiger partial charge < -0.3 is 5.11 Å². The van der Waals surface area contributed by atoms with E-state index in [9.17, 15) is 13.5 Å². The van der Waals surface area contributed by atoms with Crippen molar-refractivity contribution in [2.75, 3.05) is 19.6 Å². The van der Waals surface area contributed by atoms with E-state index in [4.69, 9.17) is 0 Å². The minimum absolute atomic E-state index is 0.181. The normalized spacial score (nSPS) is 28.9. The predicted molar refractivity (Wildman–Crippen MR) is 58.6 cm³/mol. The monoisotopic (exact) mass is 236 g/mol. The SMILES string of the molecule is CC(C)CNS(=O)(=O)N1CCC(C)(O)C1. The molecular formula is C9H20N2O3S. The fraction of sp³-hybridized carbons (Fsp3) is 1.00. The second-order valence-electron chi connectivity index (χ2n) is 4.83. The van der Waals surface area contributed by atoms with Gasteiger partial charge in [0.1, 0.15) is 0 Å². The van der Waals surface area contributed by atoms with Crippen LogP contribution in [0.4, 0.5) is 0 Å². The van der Waals surface area contributed by atoms with Crippen LogP contribution < -0.4 is 4.72 Å². The summed E-state index contributed by atoms with van der Waals surface area (Å²) in [6.07, 6.45) is 0.496. The van der Waals surface area contributed by atoms with Crippen LogP contribution in [0.1, 0.15) is 27.2 Å². The molecule has 1 aliphatic heterocycles. The lowest BCUT2D eigenvalue weighted by Gasteiger charge is -2.19. The van der Waals surface area contributed by atoms with E-state index in [-0.39, 0.29) is 12.5 Å². The van der Waals surface area contributed by atoms with Gasteiger partial charge in [0, 0.05) is 19.6 Å². The number of rotatable bonds is 4. The van der Waals surface area contributed by atoms with E-state index < -0.39 is 15.8 Å². The molecule has 0 aromatic rings. The standard InChI is InChI=1S/C9H20N2O3S/c1-8(2)6-10-15(13,14)11-5-4-9(3,12)7-11/h8,10,12H,4-7H2,1-3H3. The first-order valence-corrected chi connectivity index (χ1v) is 6.64. The molecule has 2 N–H and O–H groups in total. The molecule has 1 aliphatic rings. The molecule has 1 atom stereocenters. The molecule has 0 radical (unpaired) electrons. The quantitative estimate of drug-likeness (QED) is 0.718. The summed E-state index contributed by atoms with van der Waals surface area (Å²) in [4.78, 5) is 0. The van der Waals surface area contributed by atoms with Gasteiger partial charge in [-0.25, -0.2) is 4.72 Å². The Morgan fingerprint density at radius 3 is 2.53 bits per heavy atom. The van der Waals surface area contributed by atoms with Crippen molar-refractivity contribution in [3.05, 3.63) is 0 Å². The van der Waals surface area contributed by atoms with Crippen LogP contribution in [-0.4, -0.2) is 43.1 Å². The molecule has 1 heterocycles. The molecule has 0 saturated carbocycles. The Labute approximate surface area is 91.7 Å². The van der Waals surface area contributed by atoms with E-state index in [1.165, 1.54) is 4.31 Å². The van der Waals surface area contributed by atoms with Crippen LogP contribution in [0.15, 0.2) is 0 Å². The van der Waals surface area contributed by atoms with E-state index >= 15 is 0 Å². The summed E-state index contributed by atoms with van der Waals surface area (Å²) < 4.78 is 27.3. The van der Waals surface area contributed by atoms with E-state index in [1.54, 1.807) is 6.92 Å². The fourth-order valence-electron chi connectivity index (χ4n) is 1.47. The molecule has 0 bridgehead atoms. The molecule has 1 unspecified atom stereocenters. The summed E-state index contributed by atoms with van der Waals surface area (Å²) in [5, 5.41) is 9.67. The Balaban J connectivity index is 2.56. The summed E-state index contributed by atoms with van der Waals surface area (Å²) in [5.41, 5.74) is -0.882. The third-order valence-corrected chi connectivity index (χ3v) is 3.95. The average Bonchev–Trinajstić information content (AvgIpc) is 2.43. The minimum atomic E-state index is -3.40. The highest BCUT2D eigenvalue weighted by atomic mass is 32.2. The molecule has 1 rings (SSSR count). The van der Waals surface area contributed by atoms with Crippen LogP contribution in [-0.2, 0) is 10.2 Å². The molecule has 0 aromatic carbocycles. The smallest absolute Gasteiger partial charge is 0.279 e. The summed E-state index contributed by atoms with van der Waals surface area (Å²) in [5.74, 6) is 0.280. The van der Waals surface area contributed by atoms with E-state index in [1.807, 2.05) is 13.8 Å². The molecule has 1 saturated heterocycles. The van der Waals surface area contributed by atoms with Crippen LogP contribution in [0.3, 0.4) is 0 Å². The van der Waals surface area contributed by atoms with Crippen molar-refractivity contribution in [3.63, 3.8) is 0 Å². The first-order chi connectivity index (χ1) is 6.73. The zero-order valence-electron chi connectivity index (χ0n) is 9.52. The average molecular weight is 236 g/mol. The maximum Gasteiger partial charge on any atom is 0.279 e. The van der Waals surface area contributed by atoms with E-state index in [0.29, 0.717) is 19.5 Å². The van der Waals surface area contributed by atoms with Gasteiger partial charge >= 0.3 is 0 Å². The molecule has 90 valence electrons. The largest absolute Gasteiger partial charge is 0.389 e. The van der Waals surface area contributed by atoms with Crippen molar-refractivity contribution in [3.8, 4) is 0 Å². The van der Waals surface area contributed by atoms with Crippen LogP contribution in [0, 0.1) is 5.92 Å². The van der Waals surface area contributed by atoms with Crippen LogP contribution in [0.25, 0.3) is 0 Å². The van der Waals surface area contributed by atoms with Crippen molar-refractivity contribution in [2.45, 2.75) is 32.8 Å². The highest BCUT2D eigenvalue weighted by Gasteiger charge is 2.37. The minimum Gasteiger partial charge on any atom is -0.389 e. The Kier molecular flexibility index (Phi) is 3.76. The molecular weight excluding hydrogens is 216 g/mol. The number of nitrogens with zero attached hydrogens (tertiary/aromatic N) is 1. The molecule has 0 amide bonds. The number of hydrogen-bond acceptors (Lipinski definition) is 3. The van der Waals surface area contributed by atoms with Crippen LogP contribution >= 0.6 is 0 Å². The van der Waals surface area contributed by atoms with Gasteiger partial charge in [-0.2, -0.15) is 12.7 Å². The van der Waals surface area contributed by atoms with Crippen LogP contribution in [0.5, 0.6) is 0 Å². The lowest BCUT2D eigenvalue weighted by molar-refractivity contribution is 0.0761. The first kappa shape index (κ1) is 12.9. The van der Waals surface area contributed by atoms with Crippen molar-refractivity contribution in [2.24, 2.45) is 5.92 Å². The second kappa shape index (κ2) is 4.37. The molecule has 5 nitrogen and oxygen atoms in total. The molecule has 0 spiro atoms. The Morgan fingerprint density at radius 2 is 2.13 bits per heavy atom. The van der Waals surface area contributed by atoms with Gasteiger partial charge in [0.05, 0.1) is 5.60 Å². The maximum absolute atomic E-state index is 11.7. The Hall–Kier alpha value is -0.170. The fourth-order valence-corrected chi connectivity index (χ4v) is 2.98. The summed E-state index contributed by atoms with van der Waals surface area (Å²) in [6.45, 7) is 6.55. The van der Waals surface area contributed by atoms with Gasteiger partial charge in [0.25, 0.3) is 10.2 Å². The number of aliphatic hydroxyl groups is 1. The highest BCUT2D eigenvalue weighted by molar-refractivity contribution is 7.87. The Bertz CT molecular complexity index is 311. The van der Waals surface area contributed by atoms with Crippen molar-refractivity contribution in [1.29, 1.82) is 0 Å². The summed E-state index contributed by atoms with van der Waals surface area (Å²) in [7, 11) is -3.40. The third kappa shape index (κ3) is 3.71. The molecule has 15 heavy (non-hydrogen) atoms. The van der Waals surface area contributed by atoms with E-state index in [2.05, 4.69) is 4.72 Å². The first-order valence-electron chi connectivity index (χ1n) is 5.20. The number of hydrogen-bond donors (Lipinski definition) is 2. The molecule has 0 aliphatic carbocycles. The summed E-state index contributed by atoms with van der Waals surface area (Å²) in [6, 6.07) is 0. The van der Waals surface area contributed by atoms with E-state index in [0.717, 1.165) is 0 Å². The predicted octanol–water partition coefficient (Wildman–Crippen LogP) is -0.0665. The Morgan fingerprint density at radius 1 is 1.53 bits per heavy atom. The van der Waals surface area contributed by atoms with Gasteiger partial charge in [-0.15, -0.1) is 0 Å². The zero-order chi connectivity index (χ0) is 11.7. The van der Waals surface area contributed by atoms with Crippen molar-refractivity contribution >= 4 is 10.2 Å². The van der Waals surface area contributed by atoms with Crippen molar-refractivity contribution < 1.29 is 13.5 Å².